The number of aromatic nitrogens is 2. The van der Waals surface area contributed by atoms with Crippen LogP contribution in [-0.4, -0.2) is 53.8 Å². The summed E-state index contributed by atoms with van der Waals surface area (Å²) in [6.07, 6.45) is 4.37. The largest absolute Gasteiger partial charge is 0.348 e. The number of hydrogen-bond donors (Lipinski definition) is 1. The van der Waals surface area contributed by atoms with Crippen LogP contribution >= 0.6 is 11.6 Å². The van der Waals surface area contributed by atoms with E-state index < -0.39 is 10.0 Å². The predicted octanol–water partition coefficient (Wildman–Crippen LogP) is 3.41. The summed E-state index contributed by atoms with van der Waals surface area (Å²) in [6.45, 7) is 1.29. The number of carbonyl (C=O) groups is 1. The molecule has 0 bridgehead atoms. The van der Waals surface area contributed by atoms with Crippen molar-refractivity contribution in [2.45, 2.75) is 25.4 Å². The molecule has 1 atom stereocenters. The Balaban J connectivity index is 1.60. The number of sulfonamides is 1. The first-order valence-electron chi connectivity index (χ1n) is 10.4. The molecule has 4 rings (SSSR count). The van der Waals surface area contributed by atoms with Crippen LogP contribution in [0.4, 0.5) is 0 Å². The lowest BCUT2D eigenvalue weighted by Gasteiger charge is -2.31. The van der Waals surface area contributed by atoms with E-state index in [0.717, 1.165) is 17.5 Å². The number of hydrogen-bond acceptors (Lipinski definition) is 4. The zero-order chi connectivity index (χ0) is 22.7. The van der Waals surface area contributed by atoms with Gasteiger partial charge >= 0.3 is 0 Å². The molecule has 1 aliphatic heterocycles. The fourth-order valence-electron chi connectivity index (χ4n) is 3.88. The Labute approximate surface area is 193 Å². The normalized spacial score (nSPS) is 17.2. The minimum atomic E-state index is -3.29. The summed E-state index contributed by atoms with van der Waals surface area (Å²) >= 11 is 6.03. The van der Waals surface area contributed by atoms with Crippen molar-refractivity contribution in [2.75, 3.05) is 19.3 Å². The molecular weight excluding hydrogens is 448 g/mol. The molecule has 168 valence electrons. The topological polar surface area (TPSA) is 84.3 Å². The second kappa shape index (κ2) is 9.44. The van der Waals surface area contributed by atoms with Crippen LogP contribution in [0, 0.1) is 0 Å². The van der Waals surface area contributed by atoms with Crippen LogP contribution in [0.15, 0.2) is 60.8 Å². The Morgan fingerprint density at radius 1 is 1.16 bits per heavy atom. The summed E-state index contributed by atoms with van der Waals surface area (Å²) < 4.78 is 27.0. The highest BCUT2D eigenvalue weighted by Gasteiger charge is 2.28. The molecule has 7 nitrogen and oxygen atoms in total. The van der Waals surface area contributed by atoms with Crippen molar-refractivity contribution < 1.29 is 13.2 Å². The quantitative estimate of drug-likeness (QED) is 0.595. The van der Waals surface area contributed by atoms with Crippen molar-refractivity contribution in [3.8, 4) is 11.3 Å². The van der Waals surface area contributed by atoms with Gasteiger partial charge in [0.05, 0.1) is 18.4 Å². The van der Waals surface area contributed by atoms with Crippen LogP contribution in [0.1, 0.15) is 28.8 Å². The summed E-state index contributed by atoms with van der Waals surface area (Å²) in [7, 11) is -3.29. The van der Waals surface area contributed by atoms with Crippen LogP contribution in [0.2, 0.25) is 5.02 Å². The smallest absolute Gasteiger partial charge is 0.255 e. The second-order valence-electron chi connectivity index (χ2n) is 8.02. The molecule has 0 aliphatic carbocycles. The number of piperidine rings is 1. The van der Waals surface area contributed by atoms with Crippen molar-refractivity contribution in [3.05, 3.63) is 76.9 Å². The maximum Gasteiger partial charge on any atom is 0.255 e. The van der Waals surface area contributed by atoms with Crippen molar-refractivity contribution >= 4 is 27.5 Å². The third-order valence-electron chi connectivity index (χ3n) is 5.50. The second-order valence-corrected chi connectivity index (χ2v) is 10.4. The van der Waals surface area contributed by atoms with Crippen molar-refractivity contribution in [1.82, 2.24) is 19.4 Å². The minimum absolute atomic E-state index is 0.249. The molecule has 1 fully saturated rings. The van der Waals surface area contributed by atoms with Crippen molar-refractivity contribution in [2.24, 2.45) is 0 Å². The fourth-order valence-corrected chi connectivity index (χ4v) is 4.92. The molecule has 1 unspecified atom stereocenters. The molecule has 0 spiro atoms. The van der Waals surface area contributed by atoms with Gasteiger partial charge in [-0.1, -0.05) is 54.1 Å². The number of nitrogens with one attached hydrogen (secondary N) is 1. The Morgan fingerprint density at radius 3 is 2.56 bits per heavy atom. The van der Waals surface area contributed by atoms with E-state index >= 15 is 0 Å². The molecule has 1 aromatic heterocycles. The third kappa shape index (κ3) is 5.38. The molecule has 0 radical (unpaired) electrons. The molecule has 9 heteroatoms. The number of amides is 1. The first-order valence-corrected chi connectivity index (χ1v) is 12.7. The monoisotopic (exact) mass is 472 g/mol. The van der Waals surface area contributed by atoms with Crippen LogP contribution in [-0.2, 0) is 16.6 Å². The summed E-state index contributed by atoms with van der Waals surface area (Å²) in [4.78, 5) is 13.2. The Morgan fingerprint density at radius 2 is 1.88 bits per heavy atom. The van der Waals surface area contributed by atoms with Gasteiger partial charge in [0.1, 0.15) is 5.69 Å². The number of rotatable bonds is 6. The first kappa shape index (κ1) is 22.5. The maximum atomic E-state index is 13.2. The van der Waals surface area contributed by atoms with E-state index in [1.165, 1.54) is 10.6 Å². The predicted molar refractivity (Wildman–Crippen MR) is 125 cm³/mol. The number of nitrogens with zero attached hydrogens (tertiary/aromatic N) is 3. The fraction of sp³-hybridized carbons (Fsp3) is 0.304. The molecule has 1 saturated heterocycles. The van der Waals surface area contributed by atoms with E-state index in [1.807, 2.05) is 42.5 Å². The van der Waals surface area contributed by atoms with Crippen LogP contribution < -0.4 is 5.32 Å². The molecule has 3 aromatic rings. The summed E-state index contributed by atoms with van der Waals surface area (Å²) in [5, 5.41) is 8.30. The van der Waals surface area contributed by atoms with E-state index in [2.05, 4.69) is 10.4 Å². The highest BCUT2D eigenvalue weighted by molar-refractivity contribution is 7.88. The van der Waals surface area contributed by atoms with Gasteiger partial charge in [0.15, 0.2) is 0 Å². The number of halogens is 1. The number of carbonyl (C=O) groups excluding carboxylic acids is 1. The van der Waals surface area contributed by atoms with Gasteiger partial charge in [0, 0.05) is 35.9 Å². The van der Waals surface area contributed by atoms with Gasteiger partial charge in [-0.2, -0.15) is 5.10 Å². The third-order valence-corrected chi connectivity index (χ3v) is 7.02. The summed E-state index contributed by atoms with van der Waals surface area (Å²) in [6, 6.07) is 16.8. The van der Waals surface area contributed by atoms with Gasteiger partial charge in [-0.15, -0.1) is 0 Å². The molecular formula is C23H25ClN4O3S. The lowest BCUT2D eigenvalue weighted by molar-refractivity contribution is 0.0922. The number of benzene rings is 2. The highest BCUT2D eigenvalue weighted by Crippen LogP contribution is 2.25. The van der Waals surface area contributed by atoms with E-state index in [9.17, 15) is 13.2 Å². The van der Waals surface area contributed by atoms with Crippen LogP contribution in [0.3, 0.4) is 0 Å². The SMILES string of the molecule is CS(=O)(=O)N1CCCC(NC(=O)c2cn(Cc3ccccc3)nc2-c2ccc(Cl)cc2)C1. The van der Waals surface area contributed by atoms with Gasteiger partial charge < -0.3 is 5.32 Å². The van der Waals surface area contributed by atoms with E-state index in [0.29, 0.717) is 35.8 Å². The Bertz CT molecular complexity index is 1190. The average molecular weight is 473 g/mol. The van der Waals surface area contributed by atoms with Crippen molar-refractivity contribution in [3.63, 3.8) is 0 Å². The van der Waals surface area contributed by atoms with Crippen molar-refractivity contribution in [1.29, 1.82) is 0 Å². The zero-order valence-corrected chi connectivity index (χ0v) is 19.3. The van der Waals surface area contributed by atoms with Crippen LogP contribution in [0.5, 0.6) is 0 Å². The lowest BCUT2D eigenvalue weighted by atomic mass is 10.1. The van der Waals surface area contributed by atoms with Gasteiger partial charge in [-0.25, -0.2) is 12.7 Å². The highest BCUT2D eigenvalue weighted by atomic mass is 35.5. The van der Waals surface area contributed by atoms with E-state index in [4.69, 9.17) is 11.6 Å². The average Bonchev–Trinajstić information content (AvgIpc) is 3.18. The molecule has 2 heterocycles. The zero-order valence-electron chi connectivity index (χ0n) is 17.7. The first-order chi connectivity index (χ1) is 15.3. The molecule has 2 aromatic carbocycles. The van der Waals surface area contributed by atoms with Gasteiger partial charge in [0.25, 0.3) is 5.91 Å². The Hall–Kier alpha value is -2.68. The summed E-state index contributed by atoms with van der Waals surface area (Å²) in [5.41, 5.74) is 2.86. The lowest BCUT2D eigenvalue weighted by Crippen LogP contribution is -2.49. The van der Waals surface area contributed by atoms with Crippen LogP contribution in [0.25, 0.3) is 11.3 Å². The minimum Gasteiger partial charge on any atom is -0.348 e. The molecule has 32 heavy (non-hydrogen) atoms. The molecule has 0 saturated carbocycles. The van der Waals surface area contributed by atoms with E-state index in [-0.39, 0.29) is 18.5 Å². The molecule has 1 aliphatic rings. The van der Waals surface area contributed by atoms with Gasteiger partial charge in [-0.05, 0) is 30.5 Å². The van der Waals surface area contributed by atoms with Gasteiger partial charge in [0.2, 0.25) is 10.0 Å². The standard InChI is InChI=1S/C23H25ClN4O3S/c1-32(30,31)28-13-5-8-20(15-28)25-23(29)21-16-27(14-17-6-3-2-4-7-17)26-22(21)18-9-11-19(24)12-10-18/h2-4,6-7,9-12,16,20H,5,8,13-15H2,1H3,(H,25,29). The maximum absolute atomic E-state index is 13.2. The van der Waals surface area contributed by atoms with E-state index in [1.54, 1.807) is 23.0 Å². The molecule has 1 N–H and O–H groups in total. The summed E-state index contributed by atoms with van der Waals surface area (Å²) in [5.74, 6) is -0.269. The van der Waals surface area contributed by atoms with Gasteiger partial charge in [-0.3, -0.25) is 9.48 Å². The molecule has 1 amide bonds. The Kier molecular flexibility index (Phi) is 6.64.